The van der Waals surface area contributed by atoms with E-state index in [0.717, 1.165) is 6.42 Å². The van der Waals surface area contributed by atoms with Crippen LogP contribution in [0.25, 0.3) is 0 Å². The monoisotopic (exact) mass is 267 g/mol. The number of nitrogen functional groups attached to an aromatic ring is 1. The molecule has 3 nitrogen and oxygen atoms in total. The molecule has 102 valence electrons. The van der Waals surface area contributed by atoms with E-state index in [4.69, 9.17) is 10.5 Å². The fourth-order valence-electron chi connectivity index (χ4n) is 2.65. The Labute approximate surface area is 118 Å². The Bertz CT molecular complexity index is 637. The molecule has 2 atom stereocenters. The third-order valence-corrected chi connectivity index (χ3v) is 3.88. The second-order valence-corrected chi connectivity index (χ2v) is 5.18. The van der Waals surface area contributed by atoms with Crippen molar-refractivity contribution in [1.29, 1.82) is 0 Å². The lowest BCUT2D eigenvalue weighted by Crippen LogP contribution is -2.07. The summed E-state index contributed by atoms with van der Waals surface area (Å²) in [6, 6.07) is 15.4. The fraction of sp³-hybridized carbons (Fsp3) is 0.235. The SMILES string of the molecule is COc1ccc(C(=O)C2CC2c2ccccc2)c(N)c1. The van der Waals surface area contributed by atoms with Gasteiger partial charge in [-0.05, 0) is 30.0 Å². The van der Waals surface area contributed by atoms with Crippen LogP contribution in [0.5, 0.6) is 5.75 Å². The molecule has 1 aliphatic rings. The van der Waals surface area contributed by atoms with Crippen LogP contribution in [0.2, 0.25) is 0 Å². The summed E-state index contributed by atoms with van der Waals surface area (Å²) < 4.78 is 5.10. The highest BCUT2D eigenvalue weighted by Crippen LogP contribution is 2.49. The summed E-state index contributed by atoms with van der Waals surface area (Å²) in [5.41, 5.74) is 8.28. The van der Waals surface area contributed by atoms with Gasteiger partial charge in [-0.15, -0.1) is 0 Å². The first-order valence-electron chi connectivity index (χ1n) is 6.73. The molecule has 0 radical (unpaired) electrons. The average Bonchev–Trinajstić information content (AvgIpc) is 3.28. The number of ketones is 1. The molecule has 0 spiro atoms. The predicted octanol–water partition coefficient (Wildman–Crippen LogP) is 3.26. The molecule has 1 fully saturated rings. The highest BCUT2D eigenvalue weighted by atomic mass is 16.5. The third kappa shape index (κ3) is 2.27. The van der Waals surface area contributed by atoms with Crippen molar-refractivity contribution >= 4 is 11.5 Å². The van der Waals surface area contributed by atoms with Gasteiger partial charge in [0.2, 0.25) is 0 Å². The maximum absolute atomic E-state index is 12.5. The summed E-state index contributed by atoms with van der Waals surface area (Å²) in [5.74, 6) is 1.21. The van der Waals surface area contributed by atoms with Gasteiger partial charge >= 0.3 is 0 Å². The van der Waals surface area contributed by atoms with Crippen molar-refractivity contribution < 1.29 is 9.53 Å². The maximum atomic E-state index is 12.5. The first kappa shape index (κ1) is 12.7. The van der Waals surface area contributed by atoms with Gasteiger partial charge in [0.05, 0.1) is 7.11 Å². The van der Waals surface area contributed by atoms with E-state index in [9.17, 15) is 4.79 Å². The van der Waals surface area contributed by atoms with Crippen LogP contribution in [0.3, 0.4) is 0 Å². The summed E-state index contributed by atoms with van der Waals surface area (Å²) >= 11 is 0. The predicted molar refractivity (Wildman–Crippen MR) is 79.0 cm³/mol. The molecule has 0 heterocycles. The quantitative estimate of drug-likeness (QED) is 0.683. The molecule has 0 aromatic heterocycles. The van der Waals surface area contributed by atoms with Crippen molar-refractivity contribution in [2.45, 2.75) is 12.3 Å². The zero-order valence-electron chi connectivity index (χ0n) is 11.4. The second-order valence-electron chi connectivity index (χ2n) is 5.18. The average molecular weight is 267 g/mol. The largest absolute Gasteiger partial charge is 0.497 e. The molecule has 20 heavy (non-hydrogen) atoms. The van der Waals surface area contributed by atoms with Crippen molar-refractivity contribution in [3.63, 3.8) is 0 Å². The zero-order chi connectivity index (χ0) is 14.1. The number of hydrogen-bond donors (Lipinski definition) is 1. The lowest BCUT2D eigenvalue weighted by molar-refractivity contribution is 0.0966. The number of hydrogen-bond acceptors (Lipinski definition) is 3. The van der Waals surface area contributed by atoms with Crippen LogP contribution in [0, 0.1) is 5.92 Å². The molecular weight excluding hydrogens is 250 g/mol. The lowest BCUT2D eigenvalue weighted by Gasteiger charge is -2.07. The Kier molecular flexibility index (Phi) is 3.18. The van der Waals surface area contributed by atoms with Crippen LogP contribution in [0.15, 0.2) is 48.5 Å². The standard InChI is InChI=1S/C17H17NO2/c1-20-12-7-8-13(16(18)9-12)17(19)15-10-14(15)11-5-3-2-4-6-11/h2-9,14-15H,10,18H2,1H3. The first-order valence-corrected chi connectivity index (χ1v) is 6.73. The van der Waals surface area contributed by atoms with Gasteiger partial charge in [-0.3, -0.25) is 4.79 Å². The summed E-state index contributed by atoms with van der Waals surface area (Å²) in [6.07, 6.45) is 0.911. The van der Waals surface area contributed by atoms with E-state index in [1.807, 2.05) is 18.2 Å². The highest BCUT2D eigenvalue weighted by Gasteiger charge is 2.44. The molecular formula is C17H17NO2. The molecule has 1 aliphatic carbocycles. The Balaban J connectivity index is 1.78. The van der Waals surface area contributed by atoms with Gasteiger partial charge in [0.25, 0.3) is 0 Å². The van der Waals surface area contributed by atoms with E-state index >= 15 is 0 Å². The minimum Gasteiger partial charge on any atom is -0.497 e. The van der Waals surface area contributed by atoms with Gasteiger partial charge in [0, 0.05) is 23.2 Å². The van der Waals surface area contributed by atoms with E-state index in [0.29, 0.717) is 22.9 Å². The van der Waals surface area contributed by atoms with Crippen LogP contribution in [-0.2, 0) is 0 Å². The molecule has 0 amide bonds. The molecule has 1 saturated carbocycles. The van der Waals surface area contributed by atoms with Gasteiger partial charge in [0.15, 0.2) is 5.78 Å². The molecule has 2 N–H and O–H groups in total. The molecule has 3 rings (SSSR count). The molecule has 2 aromatic rings. The van der Waals surface area contributed by atoms with Gasteiger partial charge in [-0.25, -0.2) is 0 Å². The molecule has 2 aromatic carbocycles. The van der Waals surface area contributed by atoms with Crippen LogP contribution in [0.4, 0.5) is 5.69 Å². The molecule has 0 bridgehead atoms. The van der Waals surface area contributed by atoms with Gasteiger partial charge in [-0.2, -0.15) is 0 Å². The van der Waals surface area contributed by atoms with Crippen molar-refractivity contribution in [3.05, 3.63) is 59.7 Å². The van der Waals surface area contributed by atoms with E-state index in [2.05, 4.69) is 12.1 Å². The zero-order valence-corrected chi connectivity index (χ0v) is 11.4. The topological polar surface area (TPSA) is 52.3 Å². The van der Waals surface area contributed by atoms with Crippen molar-refractivity contribution in [2.24, 2.45) is 5.92 Å². The molecule has 0 aliphatic heterocycles. The number of Topliss-reactive ketones (excluding diaryl/α,β-unsaturated/α-hetero) is 1. The first-order chi connectivity index (χ1) is 9.70. The Hall–Kier alpha value is -2.29. The van der Waals surface area contributed by atoms with E-state index in [1.54, 1.807) is 25.3 Å². The molecule has 2 unspecified atom stereocenters. The van der Waals surface area contributed by atoms with Gasteiger partial charge in [-0.1, -0.05) is 30.3 Å². The normalized spacial score (nSPS) is 20.4. The highest BCUT2D eigenvalue weighted by molar-refractivity contribution is 6.04. The number of carbonyl (C=O) groups excluding carboxylic acids is 1. The lowest BCUT2D eigenvalue weighted by atomic mass is 10.0. The number of benzene rings is 2. The van der Waals surface area contributed by atoms with Crippen LogP contribution < -0.4 is 10.5 Å². The second kappa shape index (κ2) is 5.00. The maximum Gasteiger partial charge on any atom is 0.168 e. The Morgan fingerprint density at radius 1 is 1.20 bits per heavy atom. The molecule has 0 saturated heterocycles. The number of methoxy groups -OCH3 is 1. The minimum absolute atomic E-state index is 0.0631. The minimum atomic E-state index is 0.0631. The summed E-state index contributed by atoms with van der Waals surface area (Å²) in [6.45, 7) is 0. The van der Waals surface area contributed by atoms with E-state index in [-0.39, 0.29) is 11.7 Å². The fourth-order valence-corrected chi connectivity index (χ4v) is 2.65. The number of carbonyl (C=O) groups is 1. The third-order valence-electron chi connectivity index (χ3n) is 3.88. The van der Waals surface area contributed by atoms with Crippen LogP contribution in [-0.4, -0.2) is 12.9 Å². The van der Waals surface area contributed by atoms with E-state index < -0.39 is 0 Å². The summed E-state index contributed by atoms with van der Waals surface area (Å²) in [7, 11) is 1.59. The Morgan fingerprint density at radius 2 is 1.95 bits per heavy atom. The van der Waals surface area contributed by atoms with Crippen molar-refractivity contribution in [3.8, 4) is 5.75 Å². The van der Waals surface area contributed by atoms with Crippen LogP contribution in [0.1, 0.15) is 28.3 Å². The van der Waals surface area contributed by atoms with Gasteiger partial charge < -0.3 is 10.5 Å². The number of rotatable bonds is 4. The van der Waals surface area contributed by atoms with Crippen molar-refractivity contribution in [1.82, 2.24) is 0 Å². The summed E-state index contributed by atoms with van der Waals surface area (Å²) in [5, 5.41) is 0. The van der Waals surface area contributed by atoms with Crippen molar-refractivity contribution in [2.75, 3.05) is 12.8 Å². The summed E-state index contributed by atoms with van der Waals surface area (Å²) in [4.78, 5) is 12.5. The number of ether oxygens (including phenoxy) is 1. The van der Waals surface area contributed by atoms with E-state index in [1.165, 1.54) is 5.56 Å². The molecule has 3 heteroatoms. The smallest absolute Gasteiger partial charge is 0.168 e. The Morgan fingerprint density at radius 3 is 2.60 bits per heavy atom. The van der Waals surface area contributed by atoms with Crippen LogP contribution >= 0.6 is 0 Å². The van der Waals surface area contributed by atoms with Gasteiger partial charge in [0.1, 0.15) is 5.75 Å². The number of anilines is 1. The number of nitrogens with two attached hydrogens (primary N) is 1.